The Morgan fingerprint density at radius 2 is 2.00 bits per heavy atom. The molecule has 0 bridgehead atoms. The lowest BCUT2D eigenvalue weighted by molar-refractivity contribution is -0.123. The van der Waals surface area contributed by atoms with E-state index in [9.17, 15) is 4.79 Å². The largest absolute Gasteiger partial charge is 0.461 e. The highest BCUT2D eigenvalue weighted by atomic mass is 16.3. The first-order valence-electron chi connectivity index (χ1n) is 6.28. The number of anilines is 1. The van der Waals surface area contributed by atoms with Crippen molar-refractivity contribution in [2.24, 2.45) is 11.8 Å². The molecule has 0 radical (unpaired) electrons. The lowest BCUT2D eigenvalue weighted by Crippen LogP contribution is -2.18. The van der Waals surface area contributed by atoms with Gasteiger partial charge < -0.3 is 10.2 Å². The van der Waals surface area contributed by atoms with Crippen LogP contribution < -0.4 is 5.73 Å². The average Bonchev–Trinajstić information content (AvgIpc) is 2.68. The number of rotatable bonds is 4. The Labute approximate surface area is 107 Å². The molecule has 18 heavy (non-hydrogen) atoms. The quantitative estimate of drug-likeness (QED) is 0.840. The molecule has 0 aliphatic carbocycles. The van der Waals surface area contributed by atoms with E-state index in [1.54, 1.807) is 6.07 Å². The van der Waals surface area contributed by atoms with Crippen LogP contribution in [0.3, 0.4) is 0 Å². The number of nitrogens with two attached hydrogens (primary N) is 1. The van der Waals surface area contributed by atoms with Gasteiger partial charge in [0.25, 0.3) is 0 Å². The smallest absolute Gasteiger partial charge is 0.143 e. The molecule has 0 aliphatic rings. The second kappa shape index (κ2) is 4.84. The molecule has 0 fully saturated rings. The van der Waals surface area contributed by atoms with E-state index < -0.39 is 0 Å². The summed E-state index contributed by atoms with van der Waals surface area (Å²) in [4.78, 5) is 12.0. The predicted molar refractivity (Wildman–Crippen MR) is 73.3 cm³/mol. The zero-order chi connectivity index (χ0) is 13.3. The molecule has 0 saturated heterocycles. The van der Waals surface area contributed by atoms with Crippen molar-refractivity contribution < 1.29 is 9.21 Å². The predicted octanol–water partition coefficient (Wildman–Crippen LogP) is 3.42. The fourth-order valence-corrected chi connectivity index (χ4v) is 1.91. The number of ketones is 1. The van der Waals surface area contributed by atoms with Crippen LogP contribution in [-0.4, -0.2) is 5.78 Å². The summed E-state index contributed by atoms with van der Waals surface area (Å²) in [5.41, 5.74) is 7.20. The second-order valence-corrected chi connectivity index (χ2v) is 5.19. The molecular weight excluding hydrogens is 226 g/mol. The molecule has 2 aromatic rings. The summed E-state index contributed by atoms with van der Waals surface area (Å²) in [7, 11) is 0. The van der Waals surface area contributed by atoms with Gasteiger partial charge in [-0.05, 0) is 30.2 Å². The molecule has 3 nitrogen and oxygen atoms in total. The third kappa shape index (κ3) is 2.55. The highest BCUT2D eigenvalue weighted by Gasteiger charge is 2.18. The number of hydrogen-bond donors (Lipinski definition) is 1. The number of fused-ring (bicyclic) bond motifs is 1. The van der Waals surface area contributed by atoms with Crippen LogP contribution in [0.1, 0.15) is 26.5 Å². The monoisotopic (exact) mass is 245 g/mol. The summed E-state index contributed by atoms with van der Waals surface area (Å²) in [5, 5.41) is 0.954. The Morgan fingerprint density at radius 3 is 2.67 bits per heavy atom. The molecule has 1 heterocycles. The van der Waals surface area contributed by atoms with Gasteiger partial charge in [0, 0.05) is 17.0 Å². The average molecular weight is 245 g/mol. The fraction of sp³-hybridized carbons (Fsp3) is 0.400. The Morgan fingerprint density at radius 1 is 1.28 bits per heavy atom. The van der Waals surface area contributed by atoms with Gasteiger partial charge >= 0.3 is 0 Å². The van der Waals surface area contributed by atoms with Crippen molar-refractivity contribution >= 4 is 22.4 Å². The molecule has 0 saturated carbocycles. The number of furan rings is 1. The molecule has 0 amide bonds. The van der Waals surface area contributed by atoms with Crippen molar-refractivity contribution in [2.75, 3.05) is 5.73 Å². The molecule has 1 atom stereocenters. The number of Topliss-reactive ketones (excluding diaryl/α,β-unsaturated/α-hetero) is 1. The summed E-state index contributed by atoms with van der Waals surface area (Å²) in [6.07, 6.45) is 0.355. The summed E-state index contributed by atoms with van der Waals surface area (Å²) in [6.45, 7) is 6.08. The van der Waals surface area contributed by atoms with E-state index in [-0.39, 0.29) is 11.7 Å². The third-order valence-electron chi connectivity index (χ3n) is 3.45. The van der Waals surface area contributed by atoms with Gasteiger partial charge in [-0.3, -0.25) is 4.79 Å². The van der Waals surface area contributed by atoms with Crippen LogP contribution in [0.15, 0.2) is 28.7 Å². The van der Waals surface area contributed by atoms with Gasteiger partial charge in [0.05, 0.1) is 6.42 Å². The number of carbonyl (C=O) groups excluding carboxylic acids is 1. The molecule has 96 valence electrons. The van der Waals surface area contributed by atoms with E-state index in [2.05, 4.69) is 13.8 Å². The van der Waals surface area contributed by atoms with E-state index in [1.165, 1.54) is 0 Å². The molecule has 2 N–H and O–H groups in total. The van der Waals surface area contributed by atoms with Crippen LogP contribution in [0.2, 0.25) is 0 Å². The van der Waals surface area contributed by atoms with Gasteiger partial charge in [-0.1, -0.05) is 20.8 Å². The van der Waals surface area contributed by atoms with Gasteiger partial charge in [0.2, 0.25) is 0 Å². The van der Waals surface area contributed by atoms with Crippen molar-refractivity contribution in [1.82, 2.24) is 0 Å². The minimum absolute atomic E-state index is 0.0586. The van der Waals surface area contributed by atoms with Gasteiger partial charge in [0.15, 0.2) is 0 Å². The number of nitrogen functional groups attached to an aromatic ring is 1. The summed E-state index contributed by atoms with van der Waals surface area (Å²) in [6, 6.07) is 7.40. The lowest BCUT2D eigenvalue weighted by Gasteiger charge is -2.12. The van der Waals surface area contributed by atoms with Crippen LogP contribution in [0.25, 0.3) is 11.0 Å². The van der Waals surface area contributed by atoms with Gasteiger partial charge in [-0.25, -0.2) is 0 Å². The van der Waals surface area contributed by atoms with Crippen LogP contribution >= 0.6 is 0 Å². The van der Waals surface area contributed by atoms with E-state index in [0.717, 1.165) is 11.0 Å². The molecule has 0 spiro atoms. The SMILES string of the molecule is CC(C)C(C)C(=O)Cc1cc2cc(N)ccc2o1. The topological polar surface area (TPSA) is 56.2 Å². The van der Waals surface area contributed by atoms with Crippen molar-refractivity contribution in [2.45, 2.75) is 27.2 Å². The second-order valence-electron chi connectivity index (χ2n) is 5.19. The van der Waals surface area contributed by atoms with Gasteiger partial charge in [0.1, 0.15) is 17.1 Å². The Kier molecular flexibility index (Phi) is 3.41. The van der Waals surface area contributed by atoms with E-state index >= 15 is 0 Å². The van der Waals surface area contributed by atoms with Crippen molar-refractivity contribution in [3.05, 3.63) is 30.0 Å². The van der Waals surface area contributed by atoms with Crippen molar-refractivity contribution in [1.29, 1.82) is 0 Å². The minimum atomic E-state index is 0.0586. The van der Waals surface area contributed by atoms with Gasteiger partial charge in [-0.2, -0.15) is 0 Å². The van der Waals surface area contributed by atoms with E-state index in [0.29, 0.717) is 23.8 Å². The summed E-state index contributed by atoms with van der Waals surface area (Å²) >= 11 is 0. The van der Waals surface area contributed by atoms with Crippen LogP contribution in [-0.2, 0) is 11.2 Å². The maximum atomic E-state index is 12.0. The third-order valence-corrected chi connectivity index (χ3v) is 3.45. The Bertz CT molecular complexity index is 569. The molecule has 2 rings (SSSR count). The van der Waals surface area contributed by atoms with Crippen LogP contribution in [0.5, 0.6) is 0 Å². The molecule has 1 aromatic carbocycles. The highest BCUT2D eigenvalue weighted by Crippen LogP contribution is 2.23. The van der Waals surface area contributed by atoms with Crippen molar-refractivity contribution in [3.63, 3.8) is 0 Å². The lowest BCUT2D eigenvalue weighted by atomic mass is 9.91. The van der Waals surface area contributed by atoms with Crippen LogP contribution in [0.4, 0.5) is 5.69 Å². The first kappa shape index (κ1) is 12.7. The van der Waals surface area contributed by atoms with Gasteiger partial charge in [-0.15, -0.1) is 0 Å². The molecular formula is C15H19NO2. The summed E-state index contributed by atoms with van der Waals surface area (Å²) < 4.78 is 5.65. The van der Waals surface area contributed by atoms with Crippen LogP contribution in [0, 0.1) is 11.8 Å². The normalized spacial score (nSPS) is 13.1. The Balaban J connectivity index is 2.20. The number of hydrogen-bond acceptors (Lipinski definition) is 3. The molecule has 1 aromatic heterocycles. The molecule has 0 aliphatic heterocycles. The summed E-state index contributed by atoms with van der Waals surface area (Å²) in [5.74, 6) is 1.35. The first-order chi connectivity index (χ1) is 8.47. The van der Waals surface area contributed by atoms with E-state index in [1.807, 2.05) is 25.1 Å². The Hall–Kier alpha value is -1.77. The maximum absolute atomic E-state index is 12.0. The fourth-order valence-electron chi connectivity index (χ4n) is 1.91. The molecule has 3 heteroatoms. The number of benzene rings is 1. The zero-order valence-electron chi connectivity index (χ0n) is 11.1. The van der Waals surface area contributed by atoms with Crippen molar-refractivity contribution in [3.8, 4) is 0 Å². The standard InChI is InChI=1S/C15H19NO2/c1-9(2)10(3)14(17)8-13-7-11-6-12(16)4-5-15(11)18-13/h4-7,9-10H,8,16H2,1-3H3. The highest BCUT2D eigenvalue weighted by molar-refractivity contribution is 5.86. The first-order valence-corrected chi connectivity index (χ1v) is 6.28. The van der Waals surface area contributed by atoms with E-state index in [4.69, 9.17) is 10.2 Å². The zero-order valence-corrected chi connectivity index (χ0v) is 11.1. The maximum Gasteiger partial charge on any atom is 0.143 e. The molecule has 1 unspecified atom stereocenters. The number of carbonyl (C=O) groups is 1. The minimum Gasteiger partial charge on any atom is -0.461 e.